The number of methoxy groups -OCH3 is 1. The Morgan fingerprint density at radius 2 is 2.39 bits per heavy atom. The molecule has 0 spiro atoms. The zero-order chi connectivity index (χ0) is 13.1. The maximum atomic E-state index is 10.9. The summed E-state index contributed by atoms with van der Waals surface area (Å²) in [5, 5.41) is 11.9. The van der Waals surface area contributed by atoms with Gasteiger partial charge in [-0.15, -0.1) is 0 Å². The lowest BCUT2D eigenvalue weighted by molar-refractivity contribution is -0.0786. The Bertz CT molecular complexity index is 452. The van der Waals surface area contributed by atoms with Gasteiger partial charge in [0.15, 0.2) is 0 Å². The Kier molecular flexibility index (Phi) is 4.06. The Hall–Kier alpha value is -1.30. The largest absolute Gasteiger partial charge is 0.465 e. The van der Waals surface area contributed by atoms with Gasteiger partial charge in [0.25, 0.3) is 0 Å². The third kappa shape index (κ3) is 2.58. The first-order chi connectivity index (χ1) is 8.63. The third-order valence-corrected chi connectivity index (χ3v) is 3.26. The topological polar surface area (TPSA) is 67.8 Å². The summed E-state index contributed by atoms with van der Waals surface area (Å²) < 4.78 is 10.4. The minimum atomic E-state index is -1.10. The molecule has 0 radical (unpaired) electrons. The molecular weight excluding hydrogens is 258 g/mol. The van der Waals surface area contributed by atoms with Crippen LogP contribution >= 0.6 is 11.6 Å². The van der Waals surface area contributed by atoms with Crippen LogP contribution in [-0.2, 0) is 15.9 Å². The van der Waals surface area contributed by atoms with Crippen LogP contribution in [0.25, 0.3) is 0 Å². The van der Waals surface area contributed by atoms with Crippen molar-refractivity contribution in [1.29, 1.82) is 0 Å². The molecule has 0 saturated heterocycles. The fraction of sp³-hybridized carbons (Fsp3) is 0.417. The molecule has 0 aromatic heterocycles. The molecule has 0 fully saturated rings. The van der Waals surface area contributed by atoms with Gasteiger partial charge in [-0.1, -0.05) is 23.7 Å². The van der Waals surface area contributed by atoms with Crippen LogP contribution < -0.4 is 5.32 Å². The quantitative estimate of drug-likeness (QED) is 0.824. The number of ether oxygens (including phenoxy) is 2. The van der Waals surface area contributed by atoms with Gasteiger partial charge in [0.2, 0.25) is 0 Å². The summed E-state index contributed by atoms with van der Waals surface area (Å²) in [4.78, 5) is 10.9. The van der Waals surface area contributed by atoms with Gasteiger partial charge < -0.3 is 19.9 Å². The molecule has 98 valence electrons. The molecule has 1 aromatic carbocycles. The molecule has 1 aromatic rings. The van der Waals surface area contributed by atoms with E-state index in [1.807, 2.05) is 12.1 Å². The van der Waals surface area contributed by atoms with Gasteiger partial charge in [0, 0.05) is 18.6 Å². The van der Waals surface area contributed by atoms with Crippen molar-refractivity contribution in [3.63, 3.8) is 0 Å². The first-order valence-electron chi connectivity index (χ1n) is 5.50. The van der Waals surface area contributed by atoms with Crippen molar-refractivity contribution < 1.29 is 19.4 Å². The average molecular weight is 272 g/mol. The van der Waals surface area contributed by atoms with Crippen LogP contribution in [0.3, 0.4) is 0 Å². The van der Waals surface area contributed by atoms with E-state index in [1.54, 1.807) is 6.07 Å². The van der Waals surface area contributed by atoms with E-state index in [0.29, 0.717) is 11.4 Å². The van der Waals surface area contributed by atoms with Crippen LogP contribution in [0.5, 0.6) is 0 Å². The minimum Gasteiger partial charge on any atom is -0.465 e. The second-order valence-corrected chi connectivity index (χ2v) is 4.46. The van der Waals surface area contributed by atoms with E-state index in [0.717, 1.165) is 11.1 Å². The zero-order valence-corrected chi connectivity index (χ0v) is 10.6. The highest BCUT2D eigenvalue weighted by Crippen LogP contribution is 2.37. The molecule has 18 heavy (non-hydrogen) atoms. The molecule has 0 saturated carbocycles. The van der Waals surface area contributed by atoms with Crippen LogP contribution in [0.1, 0.15) is 17.2 Å². The number of carboxylic acid groups (broad SMARTS) is 1. The van der Waals surface area contributed by atoms with Gasteiger partial charge in [0.05, 0.1) is 12.1 Å². The Morgan fingerprint density at radius 3 is 3.06 bits per heavy atom. The highest BCUT2D eigenvalue weighted by atomic mass is 35.5. The molecule has 0 heterocycles. The summed E-state index contributed by atoms with van der Waals surface area (Å²) in [7, 11) is 1.52. The number of halogens is 1. The zero-order valence-electron chi connectivity index (χ0n) is 9.85. The van der Waals surface area contributed by atoms with Crippen LogP contribution in [0.4, 0.5) is 4.79 Å². The summed E-state index contributed by atoms with van der Waals surface area (Å²) in [5.41, 5.74) is 1.80. The second-order valence-electron chi connectivity index (χ2n) is 4.06. The number of nitrogens with one attached hydrogen (secondary N) is 1. The van der Waals surface area contributed by atoms with Crippen molar-refractivity contribution in [1.82, 2.24) is 5.32 Å². The van der Waals surface area contributed by atoms with Gasteiger partial charge in [-0.2, -0.15) is 0 Å². The number of rotatable bonds is 4. The SMILES string of the molecule is COCO[C@H]1Cc2cccc(Cl)c2[C@H]1NC(=O)O. The molecule has 1 amide bonds. The van der Waals surface area contributed by atoms with Crippen molar-refractivity contribution in [3.05, 3.63) is 34.3 Å². The van der Waals surface area contributed by atoms with E-state index >= 15 is 0 Å². The van der Waals surface area contributed by atoms with Gasteiger partial charge in [-0.25, -0.2) is 4.79 Å². The van der Waals surface area contributed by atoms with Crippen molar-refractivity contribution in [3.8, 4) is 0 Å². The highest BCUT2D eigenvalue weighted by molar-refractivity contribution is 6.31. The molecule has 1 aliphatic carbocycles. The van der Waals surface area contributed by atoms with Gasteiger partial charge in [-0.3, -0.25) is 0 Å². The van der Waals surface area contributed by atoms with Crippen LogP contribution in [0.2, 0.25) is 5.02 Å². The molecule has 0 aliphatic heterocycles. The maximum absolute atomic E-state index is 10.9. The molecule has 5 nitrogen and oxygen atoms in total. The van der Waals surface area contributed by atoms with E-state index in [4.69, 9.17) is 26.2 Å². The summed E-state index contributed by atoms with van der Waals surface area (Å²) >= 11 is 6.13. The minimum absolute atomic E-state index is 0.119. The maximum Gasteiger partial charge on any atom is 0.405 e. The fourth-order valence-electron chi connectivity index (χ4n) is 2.24. The average Bonchev–Trinajstić information content (AvgIpc) is 2.65. The van der Waals surface area contributed by atoms with E-state index in [9.17, 15) is 4.79 Å². The lowest BCUT2D eigenvalue weighted by Crippen LogP contribution is -2.34. The van der Waals surface area contributed by atoms with Crippen LogP contribution in [-0.4, -0.2) is 31.2 Å². The number of hydrogen-bond acceptors (Lipinski definition) is 3. The predicted octanol–water partition coefficient (Wildman–Crippen LogP) is 2.19. The fourth-order valence-corrected chi connectivity index (χ4v) is 2.55. The van der Waals surface area contributed by atoms with Crippen LogP contribution in [0, 0.1) is 0 Å². The molecule has 1 aliphatic rings. The Labute approximate surface area is 110 Å². The van der Waals surface area contributed by atoms with Crippen molar-refractivity contribution >= 4 is 17.7 Å². The van der Waals surface area contributed by atoms with E-state index in [-0.39, 0.29) is 12.9 Å². The molecule has 2 atom stereocenters. The Morgan fingerprint density at radius 1 is 1.61 bits per heavy atom. The number of fused-ring (bicyclic) bond motifs is 1. The van der Waals surface area contributed by atoms with Crippen LogP contribution in [0.15, 0.2) is 18.2 Å². The van der Waals surface area contributed by atoms with E-state index < -0.39 is 12.1 Å². The first kappa shape index (κ1) is 13.1. The molecular formula is C12H14ClNO4. The number of carbonyl (C=O) groups is 1. The normalized spacial score (nSPS) is 21.7. The highest BCUT2D eigenvalue weighted by Gasteiger charge is 2.36. The smallest absolute Gasteiger partial charge is 0.405 e. The molecule has 0 unspecified atom stereocenters. The monoisotopic (exact) mass is 271 g/mol. The summed E-state index contributed by atoms with van der Waals surface area (Å²) in [6.07, 6.45) is -0.778. The van der Waals surface area contributed by atoms with Gasteiger partial charge in [0.1, 0.15) is 6.79 Å². The lowest BCUT2D eigenvalue weighted by Gasteiger charge is -2.21. The molecule has 6 heteroatoms. The molecule has 2 rings (SSSR count). The first-order valence-corrected chi connectivity index (χ1v) is 5.88. The Balaban J connectivity index is 2.26. The lowest BCUT2D eigenvalue weighted by atomic mass is 10.1. The summed E-state index contributed by atoms with van der Waals surface area (Å²) in [5.74, 6) is 0. The predicted molar refractivity (Wildman–Crippen MR) is 65.8 cm³/mol. The van der Waals surface area contributed by atoms with E-state index in [1.165, 1.54) is 7.11 Å². The van der Waals surface area contributed by atoms with Gasteiger partial charge >= 0.3 is 6.09 Å². The number of hydrogen-bond donors (Lipinski definition) is 2. The molecule has 2 N–H and O–H groups in total. The number of benzene rings is 1. The summed E-state index contributed by atoms with van der Waals surface area (Å²) in [6.45, 7) is 0.119. The summed E-state index contributed by atoms with van der Waals surface area (Å²) in [6, 6.07) is 5.06. The van der Waals surface area contributed by atoms with Gasteiger partial charge in [-0.05, 0) is 17.2 Å². The van der Waals surface area contributed by atoms with Crippen molar-refractivity contribution in [2.75, 3.05) is 13.9 Å². The number of amides is 1. The van der Waals surface area contributed by atoms with Crippen molar-refractivity contribution in [2.24, 2.45) is 0 Å². The standard InChI is InChI=1S/C12H14ClNO4/c1-17-6-18-9-5-7-3-2-4-8(13)10(7)11(9)14-12(15)16/h2-4,9,11,14H,5-6H2,1H3,(H,15,16)/t9-,11-/m0/s1. The van der Waals surface area contributed by atoms with Crippen molar-refractivity contribution in [2.45, 2.75) is 18.6 Å². The third-order valence-electron chi connectivity index (χ3n) is 2.93. The second kappa shape index (κ2) is 5.56. The molecule has 0 bridgehead atoms. The van der Waals surface area contributed by atoms with E-state index in [2.05, 4.69) is 5.32 Å².